The van der Waals surface area contributed by atoms with Crippen molar-refractivity contribution >= 4 is 61.9 Å². The van der Waals surface area contributed by atoms with Gasteiger partial charge in [0.25, 0.3) is 5.91 Å². The molecule has 11 heteroatoms. The van der Waals surface area contributed by atoms with Crippen molar-refractivity contribution in [1.29, 1.82) is 0 Å². The standard InChI is InChI=1S/C22H20ClFN6OS2/c23-16-9-14(1-2-17(16)24)28-20-15-10-18(33-22(15)27-12-26-20)21(31)29-13-3-6-30(7-4-13)11-19-25-5-8-32-19/h1-2,5,8-10,12-13H,3-4,6-7,11H2,(H,29,31)(H,26,27,28). The van der Waals surface area contributed by atoms with E-state index in [1.807, 2.05) is 11.6 Å². The van der Waals surface area contributed by atoms with Gasteiger partial charge in [-0.1, -0.05) is 11.6 Å². The van der Waals surface area contributed by atoms with Gasteiger partial charge in [0.15, 0.2) is 0 Å². The molecule has 0 radical (unpaired) electrons. The summed E-state index contributed by atoms with van der Waals surface area (Å²) >= 11 is 8.87. The monoisotopic (exact) mass is 502 g/mol. The number of nitrogens with one attached hydrogen (secondary N) is 2. The Balaban J connectivity index is 1.24. The average Bonchev–Trinajstić information content (AvgIpc) is 3.48. The van der Waals surface area contributed by atoms with Crippen LogP contribution in [0.4, 0.5) is 15.9 Å². The second-order valence-corrected chi connectivity index (χ2v) is 10.2. The fraction of sp³-hybridized carbons (Fsp3) is 0.273. The molecule has 4 heterocycles. The van der Waals surface area contributed by atoms with Crippen LogP contribution >= 0.6 is 34.3 Å². The molecule has 1 amide bonds. The lowest BCUT2D eigenvalue weighted by atomic mass is 10.0. The molecule has 0 atom stereocenters. The minimum absolute atomic E-state index is 0.0217. The molecule has 1 fully saturated rings. The number of aromatic nitrogens is 3. The topological polar surface area (TPSA) is 83.0 Å². The Morgan fingerprint density at radius 2 is 2.06 bits per heavy atom. The van der Waals surface area contributed by atoms with Gasteiger partial charge in [0.1, 0.15) is 27.8 Å². The highest BCUT2D eigenvalue weighted by Gasteiger charge is 2.23. The van der Waals surface area contributed by atoms with E-state index in [2.05, 4.69) is 30.5 Å². The Labute approximate surface area is 202 Å². The summed E-state index contributed by atoms with van der Waals surface area (Å²) in [5.74, 6) is -0.0563. The summed E-state index contributed by atoms with van der Waals surface area (Å²) in [5, 5.41) is 10.2. The number of amides is 1. The predicted molar refractivity (Wildman–Crippen MR) is 130 cm³/mol. The number of piperidine rings is 1. The van der Waals surface area contributed by atoms with Crippen LogP contribution in [-0.2, 0) is 6.54 Å². The van der Waals surface area contributed by atoms with Crippen molar-refractivity contribution < 1.29 is 9.18 Å². The number of thiophene rings is 1. The molecule has 7 nitrogen and oxygen atoms in total. The van der Waals surface area contributed by atoms with Crippen LogP contribution in [-0.4, -0.2) is 44.9 Å². The summed E-state index contributed by atoms with van der Waals surface area (Å²) in [6.45, 7) is 2.72. The van der Waals surface area contributed by atoms with Crippen LogP contribution in [0.2, 0.25) is 5.02 Å². The molecule has 33 heavy (non-hydrogen) atoms. The van der Waals surface area contributed by atoms with Gasteiger partial charge in [0.05, 0.1) is 21.8 Å². The van der Waals surface area contributed by atoms with Crippen molar-refractivity contribution in [1.82, 2.24) is 25.2 Å². The van der Waals surface area contributed by atoms with Crippen molar-refractivity contribution in [2.45, 2.75) is 25.4 Å². The van der Waals surface area contributed by atoms with Crippen LogP contribution in [0.3, 0.4) is 0 Å². The van der Waals surface area contributed by atoms with Gasteiger partial charge in [0, 0.05) is 36.4 Å². The Kier molecular flexibility index (Phi) is 6.50. The van der Waals surface area contributed by atoms with E-state index < -0.39 is 5.82 Å². The van der Waals surface area contributed by atoms with Crippen molar-refractivity contribution in [3.8, 4) is 0 Å². The molecule has 0 spiro atoms. The number of carbonyl (C=O) groups is 1. The van der Waals surface area contributed by atoms with Crippen molar-refractivity contribution in [3.05, 3.63) is 62.9 Å². The Hall–Kier alpha value is -2.66. The summed E-state index contributed by atoms with van der Waals surface area (Å²) in [7, 11) is 0. The third-order valence-corrected chi connectivity index (χ3v) is 7.60. The zero-order valence-corrected chi connectivity index (χ0v) is 19.8. The molecule has 1 aromatic carbocycles. The van der Waals surface area contributed by atoms with E-state index in [4.69, 9.17) is 11.6 Å². The minimum Gasteiger partial charge on any atom is -0.349 e. The van der Waals surface area contributed by atoms with E-state index in [1.54, 1.807) is 23.5 Å². The zero-order valence-electron chi connectivity index (χ0n) is 17.4. The molecular formula is C22H20ClFN6OS2. The second-order valence-electron chi connectivity index (χ2n) is 7.76. The molecule has 1 aliphatic heterocycles. The Morgan fingerprint density at radius 1 is 1.21 bits per heavy atom. The molecule has 5 rings (SSSR count). The number of hydrogen-bond donors (Lipinski definition) is 2. The number of thiazole rings is 1. The van der Waals surface area contributed by atoms with E-state index in [0.29, 0.717) is 21.2 Å². The molecular weight excluding hydrogens is 483 g/mol. The summed E-state index contributed by atoms with van der Waals surface area (Å²) in [4.78, 5) is 29.5. The first-order chi connectivity index (χ1) is 16.0. The molecule has 170 valence electrons. The third kappa shape index (κ3) is 5.14. The molecule has 0 saturated carbocycles. The number of anilines is 2. The lowest BCUT2D eigenvalue weighted by molar-refractivity contribution is 0.0913. The second kappa shape index (κ2) is 9.68. The predicted octanol–water partition coefficient (Wildman–Crippen LogP) is 5.08. The summed E-state index contributed by atoms with van der Waals surface area (Å²) in [6.07, 6.45) is 5.07. The first kappa shape index (κ1) is 22.1. The fourth-order valence-electron chi connectivity index (χ4n) is 3.79. The normalized spacial score (nSPS) is 15.1. The summed E-state index contributed by atoms with van der Waals surface area (Å²) in [5.41, 5.74) is 0.600. The van der Waals surface area contributed by atoms with E-state index in [-0.39, 0.29) is 17.0 Å². The summed E-state index contributed by atoms with van der Waals surface area (Å²) in [6, 6.07) is 6.29. The highest BCUT2D eigenvalue weighted by molar-refractivity contribution is 7.20. The molecule has 2 N–H and O–H groups in total. The van der Waals surface area contributed by atoms with Gasteiger partial charge in [-0.2, -0.15) is 0 Å². The van der Waals surface area contributed by atoms with Gasteiger partial charge in [-0.15, -0.1) is 22.7 Å². The van der Waals surface area contributed by atoms with E-state index in [0.717, 1.165) is 42.9 Å². The maximum absolute atomic E-state index is 13.4. The van der Waals surface area contributed by atoms with Crippen LogP contribution in [0, 0.1) is 5.82 Å². The minimum atomic E-state index is -0.487. The number of benzene rings is 1. The number of rotatable bonds is 6. The lowest BCUT2D eigenvalue weighted by Crippen LogP contribution is -2.44. The molecule has 1 saturated heterocycles. The maximum atomic E-state index is 13.4. The molecule has 4 aromatic rings. The quantitative estimate of drug-likeness (QED) is 0.382. The van der Waals surface area contributed by atoms with Gasteiger partial charge in [-0.05, 0) is 37.1 Å². The SMILES string of the molecule is O=C(NC1CCN(Cc2nccs2)CC1)c1cc2c(Nc3ccc(F)c(Cl)c3)ncnc2s1. The van der Waals surface area contributed by atoms with Gasteiger partial charge in [-0.3, -0.25) is 9.69 Å². The number of nitrogens with zero attached hydrogens (tertiary/aromatic N) is 4. The number of fused-ring (bicyclic) bond motifs is 1. The highest BCUT2D eigenvalue weighted by atomic mass is 35.5. The number of hydrogen-bond acceptors (Lipinski definition) is 8. The summed E-state index contributed by atoms with van der Waals surface area (Å²) < 4.78 is 13.4. The van der Waals surface area contributed by atoms with Crippen LogP contribution in [0.5, 0.6) is 0 Å². The smallest absolute Gasteiger partial charge is 0.261 e. The molecule has 0 unspecified atom stereocenters. The number of halogens is 2. The number of carbonyl (C=O) groups excluding carboxylic acids is 1. The van der Waals surface area contributed by atoms with E-state index in [9.17, 15) is 9.18 Å². The zero-order chi connectivity index (χ0) is 22.8. The first-order valence-corrected chi connectivity index (χ1v) is 12.5. The van der Waals surface area contributed by atoms with Crippen molar-refractivity contribution in [2.24, 2.45) is 0 Å². The lowest BCUT2D eigenvalue weighted by Gasteiger charge is -2.31. The van der Waals surface area contributed by atoms with E-state index >= 15 is 0 Å². The van der Waals surface area contributed by atoms with E-state index in [1.165, 1.54) is 29.8 Å². The van der Waals surface area contributed by atoms with Crippen LogP contribution in [0.1, 0.15) is 27.5 Å². The van der Waals surface area contributed by atoms with Gasteiger partial charge < -0.3 is 10.6 Å². The molecule has 0 bridgehead atoms. The molecule has 3 aromatic heterocycles. The fourth-order valence-corrected chi connectivity index (χ4v) is 5.53. The Bertz CT molecular complexity index is 1270. The molecule has 1 aliphatic rings. The van der Waals surface area contributed by atoms with Crippen LogP contribution in [0.15, 0.2) is 42.2 Å². The average molecular weight is 503 g/mol. The largest absolute Gasteiger partial charge is 0.349 e. The van der Waals surface area contributed by atoms with Crippen molar-refractivity contribution in [2.75, 3.05) is 18.4 Å². The highest BCUT2D eigenvalue weighted by Crippen LogP contribution is 2.31. The third-order valence-electron chi connectivity index (χ3n) is 5.50. The maximum Gasteiger partial charge on any atom is 0.261 e. The van der Waals surface area contributed by atoms with Crippen LogP contribution in [0.25, 0.3) is 10.2 Å². The van der Waals surface area contributed by atoms with Gasteiger partial charge in [0.2, 0.25) is 0 Å². The first-order valence-electron chi connectivity index (χ1n) is 10.4. The van der Waals surface area contributed by atoms with Crippen molar-refractivity contribution in [3.63, 3.8) is 0 Å². The van der Waals surface area contributed by atoms with Gasteiger partial charge >= 0.3 is 0 Å². The van der Waals surface area contributed by atoms with Gasteiger partial charge in [-0.25, -0.2) is 19.3 Å². The Morgan fingerprint density at radius 3 is 2.82 bits per heavy atom. The number of likely N-dealkylation sites (tertiary alicyclic amines) is 1. The van der Waals surface area contributed by atoms with Crippen LogP contribution < -0.4 is 10.6 Å². The molecule has 0 aliphatic carbocycles.